The summed E-state index contributed by atoms with van der Waals surface area (Å²) in [6, 6.07) is 3.67. The Morgan fingerprint density at radius 1 is 1.29 bits per heavy atom. The van der Waals surface area contributed by atoms with Crippen molar-refractivity contribution in [3.63, 3.8) is 0 Å². The molecule has 2 aromatic rings. The van der Waals surface area contributed by atoms with Crippen LogP contribution in [0.3, 0.4) is 0 Å². The molecule has 0 aliphatic rings. The summed E-state index contributed by atoms with van der Waals surface area (Å²) in [4.78, 5) is 25.6. The van der Waals surface area contributed by atoms with E-state index in [1.165, 1.54) is 0 Å². The average Bonchev–Trinajstić information content (AvgIpc) is 2.81. The van der Waals surface area contributed by atoms with Crippen LogP contribution in [0, 0.1) is 0 Å². The van der Waals surface area contributed by atoms with E-state index in [0.29, 0.717) is 5.56 Å². The average molecular weight is 420 g/mol. The summed E-state index contributed by atoms with van der Waals surface area (Å²) < 4.78 is 1.69. The number of carbonyl (C=O) groups excluding carboxylic acids is 1. The Labute approximate surface area is 136 Å². The first-order valence-corrected chi connectivity index (χ1v) is 7.64. The first kappa shape index (κ1) is 16.0. The van der Waals surface area contributed by atoms with E-state index in [2.05, 4.69) is 42.2 Å². The Morgan fingerprint density at radius 2 is 1.95 bits per heavy atom. The third-order valence-corrected chi connectivity index (χ3v) is 4.80. The number of aromatic amines is 1. The molecule has 21 heavy (non-hydrogen) atoms. The molecule has 1 atom stereocenters. The molecule has 1 amide bonds. The molecule has 0 aliphatic heterocycles. The molecular formula is C13H12Br2N2O4. The molecule has 0 bridgehead atoms. The summed E-state index contributed by atoms with van der Waals surface area (Å²) >= 11 is 6.76. The number of amides is 1. The normalized spacial score (nSPS) is 12.3. The van der Waals surface area contributed by atoms with Crippen LogP contribution in [-0.4, -0.2) is 39.7 Å². The monoisotopic (exact) mass is 418 g/mol. The summed E-state index contributed by atoms with van der Waals surface area (Å²) in [6.45, 7) is 0.0800. The quantitative estimate of drug-likeness (QED) is 0.596. The minimum atomic E-state index is -1.47. The van der Waals surface area contributed by atoms with Gasteiger partial charge in [-0.2, -0.15) is 0 Å². The second-order valence-corrected chi connectivity index (χ2v) is 6.12. The number of halogens is 2. The number of rotatable bonds is 5. The predicted octanol–water partition coefficient (Wildman–Crippen LogP) is 2.26. The molecule has 0 radical (unpaired) electrons. The minimum Gasteiger partial charge on any atom is -0.479 e. The summed E-state index contributed by atoms with van der Waals surface area (Å²) in [5.74, 6) is -1.63. The van der Waals surface area contributed by atoms with Crippen molar-refractivity contribution >= 4 is 54.6 Å². The van der Waals surface area contributed by atoms with E-state index < -0.39 is 12.1 Å². The number of nitrogens with one attached hydrogen (secondary N) is 2. The third kappa shape index (κ3) is 3.63. The maximum atomic E-state index is 12.1. The molecule has 8 heteroatoms. The topological polar surface area (TPSA) is 102 Å². The summed E-state index contributed by atoms with van der Waals surface area (Å²) in [5, 5.41) is 21.0. The summed E-state index contributed by atoms with van der Waals surface area (Å²) in [7, 11) is 0. The van der Waals surface area contributed by atoms with E-state index in [1.807, 2.05) is 12.1 Å². The number of aliphatic carboxylic acids is 1. The van der Waals surface area contributed by atoms with Gasteiger partial charge in [0.2, 0.25) is 0 Å². The smallest absolute Gasteiger partial charge is 0.332 e. The highest BCUT2D eigenvalue weighted by Gasteiger charge is 2.16. The van der Waals surface area contributed by atoms with Gasteiger partial charge in [0, 0.05) is 39.0 Å². The number of carboxylic acid groups (broad SMARTS) is 1. The van der Waals surface area contributed by atoms with Gasteiger partial charge in [-0.1, -0.05) is 0 Å². The van der Waals surface area contributed by atoms with E-state index in [0.717, 1.165) is 19.8 Å². The van der Waals surface area contributed by atoms with Crippen molar-refractivity contribution in [2.45, 2.75) is 12.5 Å². The predicted molar refractivity (Wildman–Crippen MR) is 84.3 cm³/mol. The van der Waals surface area contributed by atoms with Crippen molar-refractivity contribution in [1.29, 1.82) is 0 Å². The first-order chi connectivity index (χ1) is 9.90. The lowest BCUT2D eigenvalue weighted by Crippen LogP contribution is -2.29. The van der Waals surface area contributed by atoms with Gasteiger partial charge in [0.05, 0.1) is 5.56 Å². The molecule has 6 nitrogen and oxygen atoms in total. The molecule has 0 saturated heterocycles. The number of carboxylic acids is 1. The first-order valence-electron chi connectivity index (χ1n) is 6.05. The van der Waals surface area contributed by atoms with Crippen LogP contribution in [0.1, 0.15) is 16.8 Å². The van der Waals surface area contributed by atoms with E-state index in [4.69, 9.17) is 10.2 Å². The number of aliphatic hydroxyl groups is 1. The number of aromatic nitrogens is 1. The van der Waals surface area contributed by atoms with Gasteiger partial charge in [0.1, 0.15) is 0 Å². The molecule has 1 heterocycles. The fourth-order valence-electron chi connectivity index (χ4n) is 1.85. The third-order valence-electron chi connectivity index (χ3n) is 2.96. The van der Waals surface area contributed by atoms with Crippen molar-refractivity contribution in [3.05, 3.63) is 32.8 Å². The van der Waals surface area contributed by atoms with Crippen LogP contribution in [0.25, 0.3) is 10.9 Å². The fourth-order valence-corrected chi connectivity index (χ4v) is 2.53. The number of aliphatic hydroxyl groups excluding tert-OH is 1. The molecule has 0 fully saturated rings. The van der Waals surface area contributed by atoms with Crippen molar-refractivity contribution in [1.82, 2.24) is 10.3 Å². The molecule has 0 unspecified atom stereocenters. The minimum absolute atomic E-state index is 0.0430. The van der Waals surface area contributed by atoms with E-state index in [1.54, 1.807) is 6.20 Å². The van der Waals surface area contributed by atoms with Gasteiger partial charge < -0.3 is 20.5 Å². The van der Waals surface area contributed by atoms with Crippen LogP contribution in [-0.2, 0) is 4.79 Å². The van der Waals surface area contributed by atoms with Gasteiger partial charge in [-0.3, -0.25) is 4.79 Å². The summed E-state index contributed by atoms with van der Waals surface area (Å²) in [6.07, 6.45) is 0.0731. The number of carbonyl (C=O) groups is 2. The van der Waals surface area contributed by atoms with Gasteiger partial charge in [-0.25, -0.2) is 4.79 Å². The molecule has 0 saturated carbocycles. The van der Waals surface area contributed by atoms with Crippen LogP contribution in [0.2, 0.25) is 0 Å². The SMILES string of the molecule is O=C(NCC[C@H](O)C(=O)O)c1c[nH]c2cc(Br)c(Br)cc12. The number of hydrogen-bond acceptors (Lipinski definition) is 3. The highest BCUT2D eigenvalue weighted by atomic mass is 79.9. The molecule has 1 aromatic heterocycles. The van der Waals surface area contributed by atoms with Crippen molar-refractivity contribution in [2.24, 2.45) is 0 Å². The second kappa shape index (κ2) is 6.59. The zero-order valence-corrected chi connectivity index (χ0v) is 13.9. The summed E-state index contributed by atoms with van der Waals surface area (Å²) in [5.41, 5.74) is 1.27. The lowest BCUT2D eigenvalue weighted by Gasteiger charge is -2.07. The molecule has 0 spiro atoms. The van der Waals surface area contributed by atoms with Crippen molar-refractivity contribution in [3.8, 4) is 0 Å². The highest BCUT2D eigenvalue weighted by Crippen LogP contribution is 2.29. The van der Waals surface area contributed by atoms with Gasteiger partial charge in [-0.05, 0) is 44.0 Å². The molecule has 4 N–H and O–H groups in total. The van der Waals surface area contributed by atoms with Gasteiger partial charge in [0.15, 0.2) is 6.10 Å². The van der Waals surface area contributed by atoms with E-state index in [9.17, 15) is 9.59 Å². The van der Waals surface area contributed by atoms with Gasteiger partial charge in [0.25, 0.3) is 5.91 Å². The van der Waals surface area contributed by atoms with Crippen LogP contribution in [0.4, 0.5) is 0 Å². The number of hydrogen-bond donors (Lipinski definition) is 4. The van der Waals surface area contributed by atoms with Crippen LogP contribution >= 0.6 is 31.9 Å². The van der Waals surface area contributed by atoms with Crippen molar-refractivity contribution in [2.75, 3.05) is 6.54 Å². The van der Waals surface area contributed by atoms with E-state index >= 15 is 0 Å². The Morgan fingerprint density at radius 3 is 2.62 bits per heavy atom. The molecule has 0 aliphatic carbocycles. The Bertz CT molecular complexity index is 699. The van der Waals surface area contributed by atoms with Crippen LogP contribution in [0.5, 0.6) is 0 Å². The van der Waals surface area contributed by atoms with Gasteiger partial charge >= 0.3 is 5.97 Å². The van der Waals surface area contributed by atoms with Crippen LogP contribution < -0.4 is 5.32 Å². The number of benzene rings is 1. The molecule has 1 aromatic carbocycles. The Hall–Kier alpha value is -1.38. The molecule has 2 rings (SSSR count). The van der Waals surface area contributed by atoms with Gasteiger partial charge in [-0.15, -0.1) is 0 Å². The Balaban J connectivity index is 2.10. The maximum Gasteiger partial charge on any atom is 0.332 e. The fraction of sp³-hybridized carbons (Fsp3) is 0.231. The van der Waals surface area contributed by atoms with Crippen LogP contribution in [0.15, 0.2) is 27.3 Å². The lowest BCUT2D eigenvalue weighted by atomic mass is 10.1. The molecule has 112 valence electrons. The van der Waals surface area contributed by atoms with Crippen molar-refractivity contribution < 1.29 is 19.8 Å². The van der Waals surface area contributed by atoms with E-state index in [-0.39, 0.29) is 18.9 Å². The zero-order valence-electron chi connectivity index (χ0n) is 10.7. The second-order valence-electron chi connectivity index (χ2n) is 4.41. The standard InChI is InChI=1S/C13H12Br2N2O4/c14-8-3-6-7(5-17-10(6)4-9(8)15)12(19)16-2-1-11(18)13(20)21/h3-5,11,17-18H,1-2H2,(H,16,19)(H,20,21)/t11-/m0/s1. The largest absolute Gasteiger partial charge is 0.479 e. The molecular weight excluding hydrogens is 408 g/mol. The lowest BCUT2D eigenvalue weighted by molar-refractivity contribution is -0.146. The number of fused-ring (bicyclic) bond motifs is 1. The number of H-pyrrole nitrogens is 1. The maximum absolute atomic E-state index is 12.1. The Kier molecular flexibility index (Phi) is 5.02. The zero-order chi connectivity index (χ0) is 15.6. The highest BCUT2D eigenvalue weighted by molar-refractivity contribution is 9.13.